The molecule has 1 aromatic heterocycles. The van der Waals surface area contributed by atoms with E-state index in [1.54, 1.807) is 12.3 Å². The third-order valence-corrected chi connectivity index (χ3v) is 3.89. The summed E-state index contributed by atoms with van der Waals surface area (Å²) in [7, 11) is 0. The molecule has 1 atom stereocenters. The Morgan fingerprint density at radius 2 is 1.78 bits per heavy atom. The van der Waals surface area contributed by atoms with Crippen molar-refractivity contribution >= 4 is 16.9 Å². The van der Waals surface area contributed by atoms with Crippen LogP contribution in [0.2, 0.25) is 0 Å². The number of carboxylic acids is 1. The van der Waals surface area contributed by atoms with Gasteiger partial charge in [-0.3, -0.25) is 4.79 Å². The van der Waals surface area contributed by atoms with Crippen molar-refractivity contribution in [2.75, 3.05) is 0 Å². The van der Waals surface area contributed by atoms with Crippen LogP contribution in [-0.4, -0.2) is 27.1 Å². The van der Waals surface area contributed by atoms with E-state index in [0.29, 0.717) is 18.5 Å². The molecule has 23 heavy (non-hydrogen) atoms. The first kappa shape index (κ1) is 15.1. The molecule has 1 unspecified atom stereocenters. The van der Waals surface area contributed by atoms with Gasteiger partial charge in [0, 0.05) is 24.5 Å². The topological polar surface area (TPSA) is 74.5 Å². The Kier molecular flexibility index (Phi) is 4.30. The predicted octanol–water partition coefficient (Wildman–Crippen LogP) is 2.66. The van der Waals surface area contributed by atoms with E-state index in [1.807, 2.05) is 48.5 Å². The summed E-state index contributed by atoms with van der Waals surface area (Å²) in [4.78, 5) is 11.5. The summed E-state index contributed by atoms with van der Waals surface area (Å²) in [5.74, 6) is -0.907. The fraction of sp³-hybridized carbons (Fsp3) is 0.167. The fourth-order valence-corrected chi connectivity index (χ4v) is 2.70. The molecule has 0 fully saturated rings. The van der Waals surface area contributed by atoms with Gasteiger partial charge in [0.2, 0.25) is 0 Å². The standard InChI is InChI=1S/C18H18N2O3/c21-18(22)16(19-11-13-6-2-1-3-7-13)10-14-12-20(23)17-9-5-4-8-15(14)17/h1-9,12,16,19,23H,10-11H2,(H,21,22). The van der Waals surface area contributed by atoms with Crippen LogP contribution < -0.4 is 5.32 Å². The highest BCUT2D eigenvalue weighted by Crippen LogP contribution is 2.21. The third kappa shape index (κ3) is 3.35. The minimum atomic E-state index is -0.907. The molecule has 118 valence electrons. The number of fused-ring (bicyclic) bond motifs is 1. The molecule has 0 aliphatic heterocycles. The summed E-state index contributed by atoms with van der Waals surface area (Å²) in [5, 5.41) is 23.3. The number of para-hydroxylation sites is 1. The zero-order valence-corrected chi connectivity index (χ0v) is 12.5. The first-order chi connectivity index (χ1) is 11.1. The Hall–Kier alpha value is -2.79. The van der Waals surface area contributed by atoms with Gasteiger partial charge in [0.25, 0.3) is 0 Å². The molecule has 0 spiro atoms. The van der Waals surface area contributed by atoms with E-state index in [1.165, 1.54) is 0 Å². The van der Waals surface area contributed by atoms with E-state index in [-0.39, 0.29) is 0 Å². The summed E-state index contributed by atoms with van der Waals surface area (Å²) in [6.07, 6.45) is 1.88. The molecule has 3 aromatic rings. The van der Waals surface area contributed by atoms with Gasteiger partial charge in [0.15, 0.2) is 0 Å². The maximum Gasteiger partial charge on any atom is 0.321 e. The quantitative estimate of drug-likeness (QED) is 0.612. The van der Waals surface area contributed by atoms with Crippen LogP contribution >= 0.6 is 0 Å². The highest BCUT2D eigenvalue weighted by molar-refractivity contribution is 5.84. The van der Waals surface area contributed by atoms with Crippen LogP contribution in [0, 0.1) is 0 Å². The number of aromatic nitrogens is 1. The predicted molar refractivity (Wildman–Crippen MR) is 87.5 cm³/mol. The SMILES string of the molecule is O=C(O)C(Cc1cn(O)c2ccccc12)NCc1ccccc1. The lowest BCUT2D eigenvalue weighted by atomic mass is 10.0. The summed E-state index contributed by atoms with van der Waals surface area (Å²) in [6, 6.07) is 16.3. The third-order valence-electron chi connectivity index (χ3n) is 3.89. The molecular formula is C18H18N2O3. The fourth-order valence-electron chi connectivity index (χ4n) is 2.70. The molecule has 5 nitrogen and oxygen atoms in total. The summed E-state index contributed by atoms with van der Waals surface area (Å²) < 4.78 is 1.04. The van der Waals surface area contributed by atoms with E-state index < -0.39 is 12.0 Å². The summed E-state index contributed by atoms with van der Waals surface area (Å²) in [6.45, 7) is 0.482. The van der Waals surface area contributed by atoms with Crippen molar-refractivity contribution in [1.82, 2.24) is 10.0 Å². The molecule has 3 N–H and O–H groups in total. The lowest BCUT2D eigenvalue weighted by molar-refractivity contribution is -0.139. The van der Waals surface area contributed by atoms with Gasteiger partial charge >= 0.3 is 5.97 Å². The van der Waals surface area contributed by atoms with Crippen molar-refractivity contribution in [1.29, 1.82) is 0 Å². The molecule has 0 aliphatic carbocycles. The van der Waals surface area contributed by atoms with E-state index in [4.69, 9.17) is 0 Å². The molecule has 0 bridgehead atoms. The van der Waals surface area contributed by atoms with Crippen molar-refractivity contribution < 1.29 is 15.1 Å². The number of carbonyl (C=O) groups is 1. The van der Waals surface area contributed by atoms with Crippen molar-refractivity contribution in [3.8, 4) is 0 Å². The van der Waals surface area contributed by atoms with E-state index in [2.05, 4.69) is 5.32 Å². The second kappa shape index (κ2) is 6.54. The summed E-state index contributed by atoms with van der Waals surface area (Å²) >= 11 is 0. The van der Waals surface area contributed by atoms with Crippen LogP contribution in [0.1, 0.15) is 11.1 Å². The zero-order chi connectivity index (χ0) is 16.2. The Balaban J connectivity index is 1.78. The van der Waals surface area contributed by atoms with Crippen LogP contribution in [0.4, 0.5) is 0 Å². The number of rotatable bonds is 6. The first-order valence-corrected chi connectivity index (χ1v) is 7.43. The first-order valence-electron chi connectivity index (χ1n) is 7.43. The molecule has 0 amide bonds. The molecule has 0 aliphatic rings. The zero-order valence-electron chi connectivity index (χ0n) is 12.5. The molecule has 0 radical (unpaired) electrons. The number of hydrogen-bond acceptors (Lipinski definition) is 3. The van der Waals surface area contributed by atoms with Crippen molar-refractivity contribution in [2.45, 2.75) is 19.0 Å². The number of nitrogens with one attached hydrogen (secondary N) is 1. The van der Waals surface area contributed by atoms with Gasteiger partial charge in [0.1, 0.15) is 6.04 Å². The van der Waals surface area contributed by atoms with Crippen LogP contribution in [0.5, 0.6) is 0 Å². The number of aliphatic carboxylic acids is 1. The van der Waals surface area contributed by atoms with Crippen LogP contribution in [-0.2, 0) is 17.8 Å². The molecular weight excluding hydrogens is 292 g/mol. The number of hydrogen-bond donors (Lipinski definition) is 3. The van der Waals surface area contributed by atoms with E-state index in [9.17, 15) is 15.1 Å². The van der Waals surface area contributed by atoms with Crippen molar-refractivity contribution in [2.24, 2.45) is 0 Å². The van der Waals surface area contributed by atoms with Crippen molar-refractivity contribution in [3.63, 3.8) is 0 Å². The smallest absolute Gasteiger partial charge is 0.321 e. The number of nitrogens with zero attached hydrogens (tertiary/aromatic N) is 1. The van der Waals surface area contributed by atoms with Crippen LogP contribution in [0.3, 0.4) is 0 Å². The van der Waals surface area contributed by atoms with Crippen LogP contribution in [0.25, 0.3) is 10.9 Å². The largest absolute Gasteiger partial charge is 0.480 e. The maximum atomic E-state index is 11.5. The molecule has 1 heterocycles. The highest BCUT2D eigenvalue weighted by Gasteiger charge is 2.20. The average Bonchev–Trinajstić information content (AvgIpc) is 2.88. The number of carboxylic acid groups (broad SMARTS) is 1. The van der Waals surface area contributed by atoms with Gasteiger partial charge in [0.05, 0.1) is 5.52 Å². The second-order valence-electron chi connectivity index (χ2n) is 5.48. The maximum absolute atomic E-state index is 11.5. The molecule has 5 heteroatoms. The Labute approximate surface area is 133 Å². The van der Waals surface area contributed by atoms with Gasteiger partial charge in [-0.1, -0.05) is 48.5 Å². The van der Waals surface area contributed by atoms with Crippen LogP contribution in [0.15, 0.2) is 60.8 Å². The van der Waals surface area contributed by atoms with Gasteiger partial charge in [-0.2, -0.15) is 4.73 Å². The van der Waals surface area contributed by atoms with Gasteiger partial charge in [-0.15, -0.1) is 0 Å². The summed E-state index contributed by atoms with van der Waals surface area (Å²) in [5.41, 5.74) is 2.51. The minimum absolute atomic E-state index is 0.302. The Morgan fingerprint density at radius 1 is 1.09 bits per heavy atom. The van der Waals surface area contributed by atoms with Crippen molar-refractivity contribution in [3.05, 3.63) is 71.9 Å². The molecule has 0 saturated heterocycles. The Morgan fingerprint density at radius 3 is 2.52 bits per heavy atom. The minimum Gasteiger partial charge on any atom is -0.480 e. The Bertz CT molecular complexity index is 812. The number of benzene rings is 2. The van der Waals surface area contributed by atoms with Gasteiger partial charge < -0.3 is 15.6 Å². The molecule has 3 rings (SSSR count). The lowest BCUT2D eigenvalue weighted by Crippen LogP contribution is -2.38. The lowest BCUT2D eigenvalue weighted by Gasteiger charge is -2.14. The highest BCUT2D eigenvalue weighted by atomic mass is 16.5. The van der Waals surface area contributed by atoms with Gasteiger partial charge in [-0.05, 0) is 17.2 Å². The molecule has 2 aromatic carbocycles. The van der Waals surface area contributed by atoms with Gasteiger partial charge in [-0.25, -0.2) is 0 Å². The normalized spacial score (nSPS) is 12.3. The molecule has 0 saturated carbocycles. The average molecular weight is 310 g/mol. The van der Waals surface area contributed by atoms with E-state index >= 15 is 0 Å². The second-order valence-corrected chi connectivity index (χ2v) is 5.48. The van der Waals surface area contributed by atoms with E-state index in [0.717, 1.165) is 21.2 Å². The monoisotopic (exact) mass is 310 g/mol.